The lowest BCUT2D eigenvalue weighted by Crippen LogP contribution is -2.31. The van der Waals surface area contributed by atoms with Crippen LogP contribution in [0, 0.1) is 0 Å². The van der Waals surface area contributed by atoms with Gasteiger partial charge >= 0.3 is 0 Å². The zero-order valence-corrected chi connectivity index (χ0v) is 13.7. The Balaban J connectivity index is 1.52. The van der Waals surface area contributed by atoms with Gasteiger partial charge in [-0.3, -0.25) is 4.57 Å². The second-order valence-electron chi connectivity index (χ2n) is 6.62. The standard InChI is InChI=1S/C17H25N5O/c1-3-8-21(9-4-1)10-7-14-16-17(19-12-18-14)22(13-20-16)15-6-2-5-11-23-15/h12-13,15H,1-11H2. The molecule has 4 heterocycles. The molecule has 0 bridgehead atoms. The first-order chi connectivity index (χ1) is 11.4. The first-order valence-corrected chi connectivity index (χ1v) is 8.92. The van der Waals surface area contributed by atoms with E-state index >= 15 is 0 Å². The van der Waals surface area contributed by atoms with Crippen molar-refractivity contribution in [3.05, 3.63) is 18.3 Å². The summed E-state index contributed by atoms with van der Waals surface area (Å²) in [5, 5.41) is 0. The predicted molar refractivity (Wildman–Crippen MR) is 88.2 cm³/mol. The van der Waals surface area contributed by atoms with Crippen LogP contribution < -0.4 is 0 Å². The van der Waals surface area contributed by atoms with Gasteiger partial charge in [-0.1, -0.05) is 6.42 Å². The van der Waals surface area contributed by atoms with Gasteiger partial charge in [-0.25, -0.2) is 15.0 Å². The van der Waals surface area contributed by atoms with E-state index in [2.05, 4.69) is 24.4 Å². The number of imidazole rings is 1. The summed E-state index contributed by atoms with van der Waals surface area (Å²) < 4.78 is 7.96. The van der Waals surface area contributed by atoms with Crippen molar-refractivity contribution in [3.8, 4) is 0 Å². The van der Waals surface area contributed by atoms with Gasteiger partial charge in [0.25, 0.3) is 0 Å². The molecule has 1 unspecified atom stereocenters. The molecule has 0 aromatic carbocycles. The third kappa shape index (κ3) is 3.23. The van der Waals surface area contributed by atoms with Crippen molar-refractivity contribution in [1.82, 2.24) is 24.4 Å². The summed E-state index contributed by atoms with van der Waals surface area (Å²) in [6.45, 7) is 4.34. The number of aromatic nitrogens is 4. The molecule has 2 aliphatic heterocycles. The molecule has 0 spiro atoms. The Bertz CT molecular complexity index is 643. The van der Waals surface area contributed by atoms with Crippen molar-refractivity contribution in [2.24, 2.45) is 0 Å². The summed E-state index contributed by atoms with van der Waals surface area (Å²) in [7, 11) is 0. The molecule has 4 rings (SSSR count). The number of likely N-dealkylation sites (tertiary alicyclic amines) is 1. The summed E-state index contributed by atoms with van der Waals surface area (Å²) in [6.07, 6.45) is 12.0. The number of hydrogen-bond acceptors (Lipinski definition) is 5. The van der Waals surface area contributed by atoms with Crippen LogP contribution in [-0.2, 0) is 11.2 Å². The van der Waals surface area contributed by atoms with Crippen LogP contribution in [0.15, 0.2) is 12.7 Å². The molecule has 2 aromatic rings. The van der Waals surface area contributed by atoms with Crippen molar-refractivity contribution in [2.45, 2.75) is 51.2 Å². The van der Waals surface area contributed by atoms with Crippen molar-refractivity contribution in [1.29, 1.82) is 0 Å². The Morgan fingerprint density at radius 2 is 1.96 bits per heavy atom. The van der Waals surface area contributed by atoms with Crippen LogP contribution in [0.4, 0.5) is 0 Å². The SMILES string of the molecule is c1nc(CCN2CCCCC2)c2ncn(C3CCCCO3)c2n1. The predicted octanol–water partition coefficient (Wildman–Crippen LogP) is 2.55. The molecule has 0 radical (unpaired) electrons. The fraction of sp³-hybridized carbons (Fsp3) is 0.706. The zero-order chi connectivity index (χ0) is 15.5. The number of ether oxygens (including phenoxy) is 1. The third-order valence-electron chi connectivity index (χ3n) is 5.01. The van der Waals surface area contributed by atoms with Crippen molar-refractivity contribution in [3.63, 3.8) is 0 Å². The molecule has 2 aromatic heterocycles. The number of nitrogens with zero attached hydrogens (tertiary/aromatic N) is 5. The molecule has 0 N–H and O–H groups in total. The molecule has 2 aliphatic rings. The maximum absolute atomic E-state index is 5.88. The molecule has 0 saturated carbocycles. The topological polar surface area (TPSA) is 56.1 Å². The van der Waals surface area contributed by atoms with Crippen LogP contribution in [0.25, 0.3) is 11.2 Å². The Morgan fingerprint density at radius 3 is 2.78 bits per heavy atom. The van der Waals surface area contributed by atoms with E-state index in [1.807, 2.05) is 6.33 Å². The lowest BCUT2D eigenvalue weighted by Gasteiger charge is -2.26. The molecule has 2 fully saturated rings. The van der Waals surface area contributed by atoms with E-state index in [1.165, 1.54) is 38.8 Å². The Kier molecular flexibility index (Phi) is 4.52. The van der Waals surface area contributed by atoms with E-state index < -0.39 is 0 Å². The molecule has 6 heteroatoms. The zero-order valence-electron chi connectivity index (χ0n) is 13.7. The van der Waals surface area contributed by atoms with Gasteiger partial charge in [0.1, 0.15) is 18.1 Å². The molecular formula is C17H25N5O. The summed E-state index contributed by atoms with van der Waals surface area (Å²) in [5.74, 6) is 0. The summed E-state index contributed by atoms with van der Waals surface area (Å²) in [5.41, 5.74) is 2.93. The molecular weight excluding hydrogens is 290 g/mol. The lowest BCUT2D eigenvalue weighted by molar-refractivity contribution is -0.0298. The smallest absolute Gasteiger partial charge is 0.165 e. The minimum Gasteiger partial charge on any atom is -0.358 e. The minimum atomic E-state index is 0.0820. The number of piperidine rings is 1. The summed E-state index contributed by atoms with van der Waals surface area (Å²) >= 11 is 0. The monoisotopic (exact) mass is 315 g/mol. The summed E-state index contributed by atoms with van der Waals surface area (Å²) in [4.78, 5) is 16.1. The third-order valence-corrected chi connectivity index (χ3v) is 5.01. The maximum atomic E-state index is 5.88. The first kappa shape index (κ1) is 15.0. The normalized spacial score (nSPS) is 23.4. The lowest BCUT2D eigenvalue weighted by atomic mass is 10.1. The largest absolute Gasteiger partial charge is 0.358 e. The second kappa shape index (κ2) is 6.93. The number of hydrogen-bond donors (Lipinski definition) is 0. The van der Waals surface area contributed by atoms with Gasteiger partial charge < -0.3 is 9.64 Å². The van der Waals surface area contributed by atoms with Gasteiger partial charge in [0.15, 0.2) is 5.65 Å². The number of rotatable bonds is 4. The second-order valence-corrected chi connectivity index (χ2v) is 6.62. The Hall–Kier alpha value is -1.53. The van der Waals surface area contributed by atoms with E-state index in [4.69, 9.17) is 4.74 Å². The van der Waals surface area contributed by atoms with Crippen molar-refractivity contribution >= 4 is 11.2 Å². The highest BCUT2D eigenvalue weighted by Gasteiger charge is 2.20. The average Bonchev–Trinajstić information content (AvgIpc) is 3.06. The maximum Gasteiger partial charge on any atom is 0.165 e. The molecule has 0 aliphatic carbocycles. The van der Waals surface area contributed by atoms with Crippen LogP contribution in [0.2, 0.25) is 0 Å². The van der Waals surface area contributed by atoms with Gasteiger partial charge in [0, 0.05) is 19.6 Å². The van der Waals surface area contributed by atoms with Crippen molar-refractivity contribution in [2.75, 3.05) is 26.2 Å². The molecule has 0 amide bonds. The fourth-order valence-corrected chi connectivity index (χ4v) is 3.68. The van der Waals surface area contributed by atoms with E-state index in [0.29, 0.717) is 0 Å². The highest BCUT2D eigenvalue weighted by Crippen LogP contribution is 2.26. The Morgan fingerprint density at radius 1 is 1.04 bits per heavy atom. The highest BCUT2D eigenvalue weighted by molar-refractivity contribution is 5.73. The van der Waals surface area contributed by atoms with E-state index in [0.717, 1.165) is 49.3 Å². The van der Waals surface area contributed by atoms with E-state index in [-0.39, 0.29) is 6.23 Å². The van der Waals surface area contributed by atoms with Crippen molar-refractivity contribution < 1.29 is 4.74 Å². The fourth-order valence-electron chi connectivity index (χ4n) is 3.68. The number of fused-ring (bicyclic) bond motifs is 1. The van der Waals surface area contributed by atoms with E-state index in [1.54, 1.807) is 6.33 Å². The average molecular weight is 315 g/mol. The molecule has 2 saturated heterocycles. The Labute approximate surface area is 136 Å². The van der Waals surface area contributed by atoms with Gasteiger partial charge in [-0.2, -0.15) is 0 Å². The van der Waals surface area contributed by atoms with Crippen LogP contribution >= 0.6 is 0 Å². The minimum absolute atomic E-state index is 0.0820. The van der Waals surface area contributed by atoms with E-state index in [9.17, 15) is 0 Å². The molecule has 124 valence electrons. The molecule has 23 heavy (non-hydrogen) atoms. The molecule has 6 nitrogen and oxygen atoms in total. The van der Waals surface area contributed by atoms with Gasteiger partial charge in [0.2, 0.25) is 0 Å². The van der Waals surface area contributed by atoms with Crippen LogP contribution in [-0.4, -0.2) is 50.7 Å². The van der Waals surface area contributed by atoms with Crippen LogP contribution in [0.1, 0.15) is 50.4 Å². The van der Waals surface area contributed by atoms with Gasteiger partial charge in [0.05, 0.1) is 12.0 Å². The molecule has 1 atom stereocenters. The highest BCUT2D eigenvalue weighted by atomic mass is 16.5. The van der Waals surface area contributed by atoms with Crippen LogP contribution in [0.3, 0.4) is 0 Å². The van der Waals surface area contributed by atoms with Crippen LogP contribution in [0.5, 0.6) is 0 Å². The quantitative estimate of drug-likeness (QED) is 0.868. The van der Waals surface area contributed by atoms with Gasteiger partial charge in [-0.05, 0) is 45.2 Å². The van der Waals surface area contributed by atoms with Gasteiger partial charge in [-0.15, -0.1) is 0 Å². The first-order valence-electron chi connectivity index (χ1n) is 8.92. The summed E-state index contributed by atoms with van der Waals surface area (Å²) in [6, 6.07) is 0.